The predicted molar refractivity (Wildman–Crippen MR) is 148 cm³/mol. The van der Waals surface area contributed by atoms with Crippen LogP contribution in [0.15, 0.2) is 83.3 Å². The number of oxazole rings is 1. The molecule has 0 aliphatic rings. The van der Waals surface area contributed by atoms with Gasteiger partial charge in [0.2, 0.25) is 5.89 Å². The van der Waals surface area contributed by atoms with Crippen molar-refractivity contribution in [2.45, 2.75) is 6.92 Å². The van der Waals surface area contributed by atoms with Gasteiger partial charge in [0.05, 0.1) is 26.9 Å². The number of anilines is 1. The summed E-state index contributed by atoms with van der Waals surface area (Å²) < 4.78 is 5.91. The summed E-state index contributed by atoms with van der Waals surface area (Å²) in [6.07, 6.45) is 0. The zero-order valence-electron chi connectivity index (χ0n) is 19.1. The molecule has 0 bridgehead atoms. The van der Waals surface area contributed by atoms with Gasteiger partial charge in [-0.15, -0.1) is 0 Å². The highest BCUT2D eigenvalue weighted by Crippen LogP contribution is 2.34. The third kappa shape index (κ3) is 4.96. The third-order valence-corrected chi connectivity index (χ3v) is 6.82. The molecule has 0 radical (unpaired) electrons. The largest absolute Gasteiger partial charge is 0.436 e. The monoisotopic (exact) mass is 568 g/mol. The highest BCUT2D eigenvalue weighted by atomic mass is 35.5. The molecule has 0 N–H and O–H groups in total. The number of rotatable bonds is 4. The summed E-state index contributed by atoms with van der Waals surface area (Å²) in [7, 11) is 0. The molecule has 2 amide bonds. The summed E-state index contributed by atoms with van der Waals surface area (Å²) in [6.45, 7) is 1.78. The van der Waals surface area contributed by atoms with Gasteiger partial charge in [-0.3, -0.25) is 9.59 Å². The summed E-state index contributed by atoms with van der Waals surface area (Å²) >= 11 is 24.8. The zero-order chi connectivity index (χ0) is 26.3. The molecule has 5 aromatic rings. The first-order chi connectivity index (χ1) is 17.7. The normalized spacial score (nSPS) is 11.1. The average Bonchev–Trinajstić information content (AvgIpc) is 3.29. The molecule has 0 saturated heterocycles. The smallest absolute Gasteiger partial charge is 0.266 e. The van der Waals surface area contributed by atoms with Crippen LogP contribution in [0.3, 0.4) is 0 Å². The number of fused-ring (bicyclic) bond motifs is 1. The van der Waals surface area contributed by atoms with Crippen molar-refractivity contribution >= 4 is 75.0 Å². The van der Waals surface area contributed by atoms with Crippen molar-refractivity contribution in [3.8, 4) is 11.5 Å². The molecule has 184 valence electrons. The summed E-state index contributed by atoms with van der Waals surface area (Å²) in [5.41, 5.74) is 3.02. The molecule has 0 atom stereocenters. The molecule has 0 spiro atoms. The second kappa shape index (κ2) is 10.2. The Labute approximate surface area is 232 Å². The Balaban J connectivity index is 1.68. The Morgan fingerprint density at radius 2 is 1.35 bits per heavy atom. The van der Waals surface area contributed by atoms with Crippen molar-refractivity contribution in [2.75, 3.05) is 4.90 Å². The van der Waals surface area contributed by atoms with Crippen molar-refractivity contribution in [1.29, 1.82) is 0 Å². The minimum absolute atomic E-state index is 0.0937. The number of aromatic nitrogens is 1. The number of imide groups is 1. The van der Waals surface area contributed by atoms with Crippen LogP contribution in [0.1, 0.15) is 26.3 Å². The number of benzene rings is 4. The fourth-order valence-electron chi connectivity index (χ4n) is 3.86. The van der Waals surface area contributed by atoms with E-state index in [-0.39, 0.29) is 21.2 Å². The van der Waals surface area contributed by atoms with E-state index in [0.717, 1.165) is 4.90 Å². The first-order valence-electron chi connectivity index (χ1n) is 11.0. The van der Waals surface area contributed by atoms with Crippen LogP contribution in [0.4, 0.5) is 5.69 Å². The maximum Gasteiger partial charge on any atom is 0.266 e. The maximum absolute atomic E-state index is 13.9. The van der Waals surface area contributed by atoms with Crippen LogP contribution >= 0.6 is 46.4 Å². The Bertz CT molecular complexity index is 1600. The lowest BCUT2D eigenvalue weighted by Gasteiger charge is -2.24. The first-order valence-corrected chi connectivity index (χ1v) is 12.5. The molecule has 0 aliphatic heterocycles. The summed E-state index contributed by atoms with van der Waals surface area (Å²) in [5.74, 6) is -0.970. The number of halogens is 4. The van der Waals surface area contributed by atoms with Crippen molar-refractivity contribution in [2.24, 2.45) is 0 Å². The summed E-state index contributed by atoms with van der Waals surface area (Å²) in [5, 5.41) is 0.916. The predicted octanol–water partition coefficient (Wildman–Crippen LogP) is 8.90. The second-order valence-electron chi connectivity index (χ2n) is 8.18. The van der Waals surface area contributed by atoms with E-state index in [1.54, 1.807) is 25.1 Å². The number of aryl methyl sites for hydroxylation is 1. The number of para-hydroxylation sites is 2. The fraction of sp³-hybridized carbons (Fsp3) is 0.0357. The number of carbonyl (C=O) groups excluding carboxylic acids is 2. The quantitative estimate of drug-likeness (QED) is 0.203. The van der Waals surface area contributed by atoms with E-state index in [9.17, 15) is 9.59 Å². The molecular formula is C28H16Cl4N2O3. The summed E-state index contributed by atoms with van der Waals surface area (Å²) in [6, 6.07) is 21.5. The molecule has 9 heteroatoms. The standard InChI is InChI=1S/C28H16Cl4N2O3/c1-15-6-7-16(26-33-23-4-2-3-5-25(23)37-26)12-24(15)34(27(35)19-10-8-17(29)13-21(19)31)28(36)20-11-9-18(30)14-22(20)32/h2-14H,1H3. The SMILES string of the molecule is Cc1ccc(-c2nc3ccccc3o2)cc1N(C(=O)c1ccc(Cl)cc1Cl)C(=O)c1ccc(Cl)cc1Cl. The highest BCUT2D eigenvalue weighted by molar-refractivity contribution is 6.41. The van der Waals surface area contributed by atoms with Crippen molar-refractivity contribution in [1.82, 2.24) is 4.98 Å². The van der Waals surface area contributed by atoms with Crippen LogP contribution in [0, 0.1) is 6.92 Å². The van der Waals surface area contributed by atoms with E-state index < -0.39 is 11.8 Å². The topological polar surface area (TPSA) is 63.4 Å². The van der Waals surface area contributed by atoms with Crippen LogP contribution in [-0.4, -0.2) is 16.8 Å². The van der Waals surface area contributed by atoms with Gasteiger partial charge in [0, 0.05) is 15.6 Å². The van der Waals surface area contributed by atoms with E-state index in [1.807, 2.05) is 24.3 Å². The molecule has 5 rings (SSSR count). The van der Waals surface area contributed by atoms with Gasteiger partial charge in [-0.2, -0.15) is 0 Å². The summed E-state index contributed by atoms with van der Waals surface area (Å²) in [4.78, 5) is 33.3. The van der Waals surface area contributed by atoms with Gasteiger partial charge in [0.15, 0.2) is 5.58 Å². The molecule has 1 heterocycles. The molecular weight excluding hydrogens is 554 g/mol. The van der Waals surface area contributed by atoms with Gasteiger partial charge in [-0.05, 0) is 73.2 Å². The van der Waals surface area contributed by atoms with Crippen LogP contribution in [0.2, 0.25) is 20.1 Å². The lowest BCUT2D eigenvalue weighted by Crippen LogP contribution is -2.38. The van der Waals surface area contributed by atoms with Gasteiger partial charge >= 0.3 is 0 Å². The number of hydrogen-bond acceptors (Lipinski definition) is 4. The van der Waals surface area contributed by atoms with Gasteiger partial charge < -0.3 is 4.42 Å². The van der Waals surface area contributed by atoms with Crippen molar-refractivity contribution in [3.05, 3.63) is 116 Å². The molecule has 4 aromatic carbocycles. The molecule has 0 saturated carbocycles. The Hall–Kier alpha value is -3.35. The van der Waals surface area contributed by atoms with Crippen molar-refractivity contribution < 1.29 is 14.0 Å². The fourth-order valence-corrected chi connectivity index (χ4v) is 4.84. The minimum atomic E-state index is -0.657. The van der Waals surface area contributed by atoms with Gasteiger partial charge in [-0.1, -0.05) is 64.6 Å². The van der Waals surface area contributed by atoms with Gasteiger partial charge in [0.25, 0.3) is 11.8 Å². The molecule has 5 nitrogen and oxygen atoms in total. The number of nitrogens with zero attached hydrogens (tertiary/aromatic N) is 2. The van der Waals surface area contributed by atoms with Crippen LogP contribution in [0.5, 0.6) is 0 Å². The Kier molecular flexibility index (Phi) is 6.97. The van der Waals surface area contributed by atoms with Crippen molar-refractivity contribution in [3.63, 3.8) is 0 Å². The second-order valence-corrected chi connectivity index (χ2v) is 9.87. The van der Waals surface area contributed by atoms with E-state index in [4.69, 9.17) is 50.8 Å². The van der Waals surface area contributed by atoms with Gasteiger partial charge in [0.1, 0.15) is 5.52 Å². The van der Waals surface area contributed by atoms with Crippen LogP contribution in [0.25, 0.3) is 22.6 Å². The minimum Gasteiger partial charge on any atom is -0.436 e. The van der Waals surface area contributed by atoms with Gasteiger partial charge in [-0.25, -0.2) is 9.88 Å². The van der Waals surface area contributed by atoms with Crippen LogP contribution < -0.4 is 4.90 Å². The van der Waals surface area contributed by atoms with E-state index in [1.165, 1.54) is 36.4 Å². The maximum atomic E-state index is 13.9. The number of carbonyl (C=O) groups is 2. The first kappa shape index (κ1) is 25.3. The lowest BCUT2D eigenvalue weighted by atomic mass is 10.1. The molecule has 0 fully saturated rings. The molecule has 37 heavy (non-hydrogen) atoms. The number of amides is 2. The van der Waals surface area contributed by atoms with E-state index in [0.29, 0.717) is 43.9 Å². The zero-order valence-corrected chi connectivity index (χ0v) is 22.2. The average molecular weight is 570 g/mol. The van der Waals surface area contributed by atoms with Crippen LogP contribution in [-0.2, 0) is 0 Å². The van der Waals surface area contributed by atoms with E-state index >= 15 is 0 Å². The molecule has 1 aromatic heterocycles. The molecule has 0 unspecified atom stereocenters. The Morgan fingerprint density at radius 3 is 1.92 bits per heavy atom. The third-order valence-electron chi connectivity index (χ3n) is 5.72. The Morgan fingerprint density at radius 1 is 0.757 bits per heavy atom. The highest BCUT2D eigenvalue weighted by Gasteiger charge is 2.30. The molecule has 0 aliphatic carbocycles. The van der Waals surface area contributed by atoms with E-state index in [2.05, 4.69) is 4.98 Å². The lowest BCUT2D eigenvalue weighted by molar-refractivity contribution is 0.0897. The number of hydrogen-bond donors (Lipinski definition) is 0.